The fourth-order valence-corrected chi connectivity index (χ4v) is 24.5. The van der Waals surface area contributed by atoms with Crippen LogP contribution in [0, 0.1) is 87.4 Å². The number of rotatable bonds is 27. The summed E-state index contributed by atoms with van der Waals surface area (Å²) in [5.74, 6) is 10.1. The Bertz CT molecular complexity index is 7550. The summed E-state index contributed by atoms with van der Waals surface area (Å²) in [4.78, 5) is 132. The van der Waals surface area contributed by atoms with E-state index in [1.54, 1.807) is 41.0 Å². The number of carboxylic acids is 1. The number of thiophene rings is 4. The lowest BCUT2D eigenvalue weighted by Gasteiger charge is -2.31. The van der Waals surface area contributed by atoms with E-state index < -0.39 is 5.97 Å². The van der Waals surface area contributed by atoms with Gasteiger partial charge in [0.2, 0.25) is 0 Å². The van der Waals surface area contributed by atoms with Crippen molar-refractivity contribution >= 4 is 136 Å². The Labute approximate surface area is 838 Å². The number of aryl methyl sites for hydroxylation is 4. The number of ketones is 7. The Morgan fingerprint density at radius 2 is 0.681 bits per heavy atom. The summed E-state index contributed by atoms with van der Waals surface area (Å²) >= 11 is 5.96. The smallest absolute Gasteiger partial charge is 0.335 e. The molecule has 4 aliphatic rings. The number of nitriles is 1. The number of fused-ring (bicyclic) bond motifs is 4. The molecule has 0 aliphatic heterocycles. The first-order valence-corrected chi connectivity index (χ1v) is 52.5. The fourth-order valence-electron chi connectivity index (χ4n) is 21.3. The lowest BCUT2D eigenvalue weighted by atomic mass is 9.82. The lowest BCUT2D eigenvalue weighted by Crippen LogP contribution is -2.22. The molecule has 1 N–H and O–H groups in total. The number of imidazole rings is 4. The minimum Gasteiger partial charge on any atom is -0.478 e. The average Bonchev–Trinajstić information content (AvgIpc) is 1.62. The highest BCUT2D eigenvalue weighted by atomic mass is 32.1. The van der Waals surface area contributed by atoms with E-state index in [1.807, 2.05) is 179 Å². The minimum atomic E-state index is -0.978. The molecule has 7 aromatic carbocycles. The van der Waals surface area contributed by atoms with Gasteiger partial charge in [0.25, 0.3) is 0 Å². The van der Waals surface area contributed by atoms with Crippen LogP contribution in [0.1, 0.15) is 309 Å². The second-order valence-electron chi connectivity index (χ2n) is 37.9. The van der Waals surface area contributed by atoms with Crippen molar-refractivity contribution in [3.63, 3.8) is 0 Å². The molecule has 19 nitrogen and oxygen atoms in total. The molecule has 0 unspecified atom stereocenters. The van der Waals surface area contributed by atoms with Gasteiger partial charge < -0.3 is 23.4 Å². The summed E-state index contributed by atoms with van der Waals surface area (Å²) in [6.45, 7) is 14.0. The van der Waals surface area contributed by atoms with Crippen molar-refractivity contribution < 1.29 is 43.5 Å². The Hall–Kier alpha value is -13.9. The molecule has 0 saturated heterocycles. The van der Waals surface area contributed by atoms with Crippen molar-refractivity contribution in [3.8, 4) is 76.4 Å². The second kappa shape index (κ2) is 44.7. The van der Waals surface area contributed by atoms with Gasteiger partial charge in [-0.2, -0.15) is 5.26 Å². The van der Waals surface area contributed by atoms with E-state index >= 15 is 0 Å². The first kappa shape index (κ1) is 98.7. The molecule has 4 saturated carbocycles. The number of terminal acetylenes is 2. The van der Waals surface area contributed by atoms with E-state index in [1.165, 1.54) is 38.7 Å². The zero-order chi connectivity index (χ0) is 98.6. The normalized spacial score (nSPS) is 17.9. The van der Waals surface area contributed by atoms with E-state index in [-0.39, 0.29) is 76.1 Å². The molecular formula is C118H114N10O9S4. The molecule has 20 rings (SSSR count). The van der Waals surface area contributed by atoms with E-state index in [4.69, 9.17) is 32.8 Å². The van der Waals surface area contributed by atoms with Crippen molar-refractivity contribution in [3.05, 3.63) is 296 Å². The van der Waals surface area contributed by atoms with Crippen molar-refractivity contribution in [2.75, 3.05) is 0 Å². The highest BCUT2D eigenvalue weighted by molar-refractivity contribution is 7.15. The summed E-state index contributed by atoms with van der Waals surface area (Å²) in [5.41, 5.74) is 16.1. The van der Waals surface area contributed by atoms with E-state index in [0.717, 1.165) is 227 Å². The fraction of sp³-hybridized carbons (Fsp3) is 0.322. The SMILES string of the molecule is C#Cc1ccc(C(=O)C[C@@H]2CCC[C@H](n3c(-c4ccccc4C)nc4cc(C(=O)CC)ccc43)C2)s1.C#Cc1ccc(C(=O)C[C@@H]2CCC[C@H](n3c(-c4ccccn4)nc4cc(C(=O)O)ccc43)C2)s1.CCC(=O)c1ccc2c(c1)nc(-c1ccccc1C#N)n2[C@H]1CCC[C@@H](CC(=O)c2ccc(C)s2)C1.CCC(=O)c1ccc2c(c1)nc(-c1ccccc1C)n2[C@H]1CCC[C@@H](CC(=O)c2ccc(C)s2)C1. The predicted molar refractivity (Wildman–Crippen MR) is 566 cm³/mol. The average molecular weight is 1940 g/mol. The third-order valence-corrected chi connectivity index (χ3v) is 32.5. The van der Waals surface area contributed by atoms with Gasteiger partial charge in [-0.15, -0.1) is 58.2 Å². The van der Waals surface area contributed by atoms with Gasteiger partial charge in [0.15, 0.2) is 46.3 Å². The quantitative estimate of drug-likeness (QED) is 0.0370. The summed E-state index contributed by atoms with van der Waals surface area (Å²) in [7, 11) is 0. The number of aromatic nitrogens is 9. The molecule has 0 spiro atoms. The van der Waals surface area contributed by atoms with Crippen LogP contribution in [-0.4, -0.2) is 94.7 Å². The number of Topliss-reactive ketones (excluding diaryl/α,β-unsaturated/α-hetero) is 7. The molecule has 9 aromatic heterocycles. The first-order valence-electron chi connectivity index (χ1n) is 49.3. The predicted octanol–water partition coefficient (Wildman–Crippen LogP) is 29.0. The highest BCUT2D eigenvalue weighted by Crippen LogP contribution is 2.47. The third kappa shape index (κ3) is 22.3. The van der Waals surface area contributed by atoms with Gasteiger partial charge in [0.1, 0.15) is 23.2 Å². The van der Waals surface area contributed by atoms with Crippen LogP contribution in [0.25, 0.3) is 89.8 Å². The Balaban J connectivity index is 0.000000130. The van der Waals surface area contributed by atoms with E-state index in [0.29, 0.717) is 84.9 Å². The zero-order valence-electron chi connectivity index (χ0n) is 80.6. The van der Waals surface area contributed by atoms with Gasteiger partial charge in [0, 0.05) is 118 Å². The molecule has 8 atom stereocenters. The maximum atomic E-state index is 13.0. The largest absolute Gasteiger partial charge is 0.478 e. The number of aromatic carboxylic acids is 1. The number of carboxylic acid groups (broad SMARTS) is 1. The van der Waals surface area contributed by atoms with E-state index in [2.05, 4.69) is 110 Å². The van der Waals surface area contributed by atoms with Crippen LogP contribution in [0.2, 0.25) is 0 Å². The molecule has 9 heterocycles. The lowest BCUT2D eigenvalue weighted by molar-refractivity contribution is 0.0695. The summed E-state index contributed by atoms with van der Waals surface area (Å²) in [5, 5.41) is 19.2. The van der Waals surface area contributed by atoms with Crippen molar-refractivity contribution in [1.29, 1.82) is 5.26 Å². The Morgan fingerprint density at radius 3 is 1.01 bits per heavy atom. The summed E-state index contributed by atoms with van der Waals surface area (Å²) in [6.07, 6.45) is 32.4. The van der Waals surface area contributed by atoms with Crippen molar-refractivity contribution in [2.24, 2.45) is 23.7 Å². The zero-order valence-corrected chi connectivity index (χ0v) is 83.9. The van der Waals surface area contributed by atoms with Gasteiger partial charge in [0.05, 0.1) is 90.6 Å². The van der Waals surface area contributed by atoms with Crippen LogP contribution in [0.3, 0.4) is 0 Å². The van der Waals surface area contributed by atoms with Crippen molar-refractivity contribution in [2.45, 2.75) is 220 Å². The maximum absolute atomic E-state index is 13.0. The van der Waals surface area contributed by atoms with Crippen LogP contribution >= 0.6 is 45.3 Å². The molecule has 16 aromatic rings. The standard InChI is InChI=1S/C31H30N2O2S.C30H29N3O2S.C30H32N2O2S.C27H23N3O3S/c1-4-24-14-16-30(36-24)29(35)18-21-10-8-11-23(17-21)33-27-15-13-22(28(34)5-2)19-26(27)32-31(33)25-12-7-6-9-20(25)3;1-3-27(34)21-12-13-26-25(17-21)32-30(24-10-5-4-8-22(24)18-31)33(26)23-9-6-7-20(15-23)16-28(35)29-14-11-19(2)36-29;1-4-27(33)22-13-14-26-25(18-22)31-30(24-11-6-5-8-19(24)2)32(26)23-10-7-9-21(16-23)17-28(34)29-15-12-20(3)35-29;1-2-20-10-12-25(34-20)24(31)15-17-6-5-7-19(14-17)30-23-11-9-18(27(32)33)16-22(23)29-26(30)21-8-3-4-13-28-21/h1,6-7,9,12-16,19,21,23H,5,8,10-11,17-18H2,2-3H3;4-5,8,10-14,17,20,23H,3,6-7,9,15-16H2,1-2H3;5-6,8,11-15,18,21,23H,4,7,9-10,16-17H2,1-3H3;1,3-4,8-13,16-17,19H,5-7,14-15H2,(H,32,33)/t21-,23+;20-,23+;21-,23+;17-,19+/m1111/s1. The van der Waals surface area contributed by atoms with Gasteiger partial charge in [-0.25, -0.2) is 24.7 Å². The van der Waals surface area contributed by atoms with Gasteiger partial charge in [-0.1, -0.05) is 125 Å². The summed E-state index contributed by atoms with van der Waals surface area (Å²) < 4.78 is 9.22. The monoisotopic (exact) mass is 1940 g/mol. The Kier molecular flexibility index (Phi) is 31.3. The molecule has 714 valence electrons. The van der Waals surface area contributed by atoms with Crippen LogP contribution in [0.5, 0.6) is 0 Å². The highest BCUT2D eigenvalue weighted by Gasteiger charge is 2.36. The first-order chi connectivity index (χ1) is 68.4. The number of pyridine rings is 1. The van der Waals surface area contributed by atoms with E-state index in [9.17, 15) is 48.7 Å². The maximum Gasteiger partial charge on any atom is 0.335 e. The van der Waals surface area contributed by atoms with Crippen LogP contribution < -0.4 is 0 Å². The molecule has 4 fully saturated rings. The number of benzene rings is 7. The molecule has 4 aliphatic carbocycles. The van der Waals surface area contributed by atoms with Gasteiger partial charge >= 0.3 is 5.97 Å². The minimum absolute atomic E-state index is 0.0884. The number of nitrogens with zero attached hydrogens (tertiary/aromatic N) is 10. The molecule has 23 heteroatoms. The number of hydrogen-bond donors (Lipinski definition) is 1. The molecular weight excluding hydrogens is 1830 g/mol. The van der Waals surface area contributed by atoms with Crippen molar-refractivity contribution in [1.82, 2.24) is 43.2 Å². The van der Waals surface area contributed by atoms with Crippen LogP contribution in [0.4, 0.5) is 0 Å². The molecule has 0 bridgehead atoms. The number of carbonyl (C=O) groups excluding carboxylic acids is 7. The molecule has 141 heavy (non-hydrogen) atoms. The molecule has 0 radical (unpaired) electrons. The Morgan fingerprint density at radius 1 is 0.362 bits per heavy atom. The number of hydrogen-bond acceptors (Lipinski definition) is 18. The second-order valence-corrected chi connectivity index (χ2v) is 42.6. The van der Waals surface area contributed by atoms with Crippen LogP contribution in [-0.2, 0) is 0 Å². The molecule has 0 amide bonds. The third-order valence-electron chi connectivity index (χ3n) is 28.3. The summed E-state index contributed by atoms with van der Waals surface area (Å²) in [6, 6.07) is 71.1. The topological polar surface area (TPSA) is 265 Å². The van der Waals surface area contributed by atoms with Gasteiger partial charge in [-0.05, 0) is 285 Å². The van der Waals surface area contributed by atoms with Crippen LogP contribution in [0.15, 0.2) is 219 Å². The number of carbonyl (C=O) groups is 8. The van der Waals surface area contributed by atoms with Gasteiger partial charge in [-0.3, -0.25) is 38.5 Å².